The molecule has 0 aliphatic carbocycles. The van der Waals surface area contributed by atoms with Gasteiger partial charge in [-0.2, -0.15) is 0 Å². The predicted molar refractivity (Wildman–Crippen MR) is 68.0 cm³/mol. The van der Waals surface area contributed by atoms with Gasteiger partial charge in [-0.1, -0.05) is 13.3 Å². The van der Waals surface area contributed by atoms with Crippen molar-refractivity contribution in [3.05, 3.63) is 23.2 Å². The molecular weight excluding hydrogens is 216 g/mol. The summed E-state index contributed by atoms with van der Waals surface area (Å²) >= 11 is 0. The van der Waals surface area contributed by atoms with E-state index in [-0.39, 0.29) is 5.91 Å². The minimum atomic E-state index is 0.0262. The Bertz CT molecular complexity index is 371. The topological polar surface area (TPSA) is 59.5 Å². The van der Waals surface area contributed by atoms with Crippen molar-refractivity contribution in [1.82, 2.24) is 4.90 Å². The van der Waals surface area contributed by atoms with E-state index in [9.17, 15) is 4.79 Å². The Hall–Kier alpha value is -1.29. The van der Waals surface area contributed by atoms with Gasteiger partial charge in [0.1, 0.15) is 11.5 Å². The van der Waals surface area contributed by atoms with Crippen molar-refractivity contribution in [2.24, 2.45) is 5.73 Å². The van der Waals surface area contributed by atoms with E-state index in [1.807, 2.05) is 13.8 Å². The molecule has 4 nitrogen and oxygen atoms in total. The average molecular weight is 238 g/mol. The molecule has 17 heavy (non-hydrogen) atoms. The number of aryl methyl sites for hydroxylation is 2. The highest BCUT2D eigenvalue weighted by atomic mass is 16.3. The first kappa shape index (κ1) is 13.8. The van der Waals surface area contributed by atoms with Crippen molar-refractivity contribution >= 4 is 5.91 Å². The molecule has 0 aliphatic rings. The van der Waals surface area contributed by atoms with Crippen LogP contribution >= 0.6 is 0 Å². The number of hydrogen-bond acceptors (Lipinski definition) is 3. The maximum Gasteiger partial charge on any atom is 0.257 e. The van der Waals surface area contributed by atoms with Crippen molar-refractivity contribution in [3.63, 3.8) is 0 Å². The van der Waals surface area contributed by atoms with Crippen molar-refractivity contribution in [2.75, 3.05) is 19.6 Å². The maximum absolute atomic E-state index is 12.3. The molecule has 96 valence electrons. The van der Waals surface area contributed by atoms with Gasteiger partial charge in [-0.05, 0) is 26.3 Å². The van der Waals surface area contributed by atoms with Crippen LogP contribution in [0.4, 0.5) is 0 Å². The lowest BCUT2D eigenvalue weighted by Crippen LogP contribution is -2.36. The molecule has 0 atom stereocenters. The number of rotatable bonds is 6. The van der Waals surface area contributed by atoms with Gasteiger partial charge in [-0.25, -0.2) is 0 Å². The first-order valence-electron chi connectivity index (χ1n) is 6.16. The van der Waals surface area contributed by atoms with Gasteiger partial charge < -0.3 is 15.1 Å². The third-order valence-electron chi connectivity index (χ3n) is 2.74. The summed E-state index contributed by atoms with van der Waals surface area (Å²) in [5, 5.41) is 0. The lowest BCUT2D eigenvalue weighted by molar-refractivity contribution is 0.0756. The van der Waals surface area contributed by atoms with E-state index < -0.39 is 0 Å². The highest BCUT2D eigenvalue weighted by Gasteiger charge is 2.19. The van der Waals surface area contributed by atoms with Crippen LogP contribution < -0.4 is 5.73 Å². The Morgan fingerprint density at radius 3 is 2.59 bits per heavy atom. The number of carbonyl (C=O) groups is 1. The summed E-state index contributed by atoms with van der Waals surface area (Å²) in [5.41, 5.74) is 6.20. The molecule has 2 N–H and O–H groups in total. The predicted octanol–water partition coefficient (Wildman–Crippen LogP) is 2.10. The van der Waals surface area contributed by atoms with E-state index in [0.29, 0.717) is 24.4 Å². The highest BCUT2D eigenvalue weighted by molar-refractivity contribution is 5.95. The van der Waals surface area contributed by atoms with Crippen LogP contribution in [0.5, 0.6) is 0 Å². The molecule has 0 saturated heterocycles. The lowest BCUT2D eigenvalue weighted by Gasteiger charge is -2.21. The van der Waals surface area contributed by atoms with Gasteiger partial charge in [0.25, 0.3) is 5.91 Å². The molecule has 0 unspecified atom stereocenters. The van der Waals surface area contributed by atoms with Crippen LogP contribution in [-0.2, 0) is 0 Å². The first-order chi connectivity index (χ1) is 8.10. The van der Waals surface area contributed by atoms with Crippen molar-refractivity contribution < 1.29 is 9.21 Å². The summed E-state index contributed by atoms with van der Waals surface area (Å²) in [7, 11) is 0. The maximum atomic E-state index is 12.3. The Morgan fingerprint density at radius 1 is 1.41 bits per heavy atom. The van der Waals surface area contributed by atoms with Gasteiger partial charge in [0.15, 0.2) is 0 Å². The summed E-state index contributed by atoms with van der Waals surface area (Å²) in [6, 6.07) is 1.80. The highest BCUT2D eigenvalue weighted by Crippen LogP contribution is 2.16. The minimum absolute atomic E-state index is 0.0262. The Labute approximate surface area is 103 Å². The van der Waals surface area contributed by atoms with Crippen molar-refractivity contribution in [3.8, 4) is 0 Å². The summed E-state index contributed by atoms with van der Waals surface area (Å²) < 4.78 is 5.39. The molecule has 1 rings (SSSR count). The molecule has 0 spiro atoms. The fraction of sp³-hybridized carbons (Fsp3) is 0.615. The molecule has 0 fully saturated rings. The number of nitrogens with zero attached hydrogens (tertiary/aromatic N) is 1. The van der Waals surface area contributed by atoms with Crippen LogP contribution in [0.3, 0.4) is 0 Å². The molecule has 0 aromatic carbocycles. The third kappa shape index (κ3) is 3.60. The fourth-order valence-corrected chi connectivity index (χ4v) is 1.83. The molecule has 1 heterocycles. The molecule has 1 aromatic heterocycles. The second-order valence-corrected chi connectivity index (χ2v) is 4.26. The van der Waals surface area contributed by atoms with Gasteiger partial charge in [0.05, 0.1) is 5.56 Å². The molecule has 0 radical (unpaired) electrons. The standard InChI is InChI=1S/C13H22N2O2/c1-4-5-7-15(8-6-14)13(16)12-9-10(2)17-11(12)3/h9H,4-8,14H2,1-3H3. The number of unbranched alkanes of at least 4 members (excludes halogenated alkanes) is 1. The van der Waals surface area contributed by atoms with Crippen LogP contribution in [0.15, 0.2) is 10.5 Å². The van der Waals surface area contributed by atoms with E-state index in [1.54, 1.807) is 11.0 Å². The SMILES string of the molecule is CCCCN(CCN)C(=O)c1cc(C)oc1C. The quantitative estimate of drug-likeness (QED) is 0.825. The number of nitrogens with two attached hydrogens (primary N) is 1. The summed E-state index contributed by atoms with van der Waals surface area (Å²) in [5.74, 6) is 1.48. The number of carbonyl (C=O) groups excluding carboxylic acids is 1. The zero-order valence-corrected chi connectivity index (χ0v) is 11.0. The second kappa shape index (κ2) is 6.45. The van der Waals surface area contributed by atoms with Crippen LogP contribution in [-0.4, -0.2) is 30.4 Å². The van der Waals surface area contributed by atoms with E-state index in [1.165, 1.54) is 0 Å². The first-order valence-corrected chi connectivity index (χ1v) is 6.16. The zero-order chi connectivity index (χ0) is 12.8. The molecule has 4 heteroatoms. The Kier molecular flexibility index (Phi) is 5.22. The second-order valence-electron chi connectivity index (χ2n) is 4.26. The van der Waals surface area contributed by atoms with Gasteiger partial charge in [-0.3, -0.25) is 4.79 Å². The van der Waals surface area contributed by atoms with E-state index in [2.05, 4.69) is 6.92 Å². The minimum Gasteiger partial charge on any atom is -0.466 e. The molecule has 0 aliphatic heterocycles. The van der Waals surface area contributed by atoms with Gasteiger partial charge in [-0.15, -0.1) is 0 Å². The lowest BCUT2D eigenvalue weighted by atomic mass is 10.2. The van der Waals surface area contributed by atoms with Crippen molar-refractivity contribution in [1.29, 1.82) is 0 Å². The van der Waals surface area contributed by atoms with Gasteiger partial charge >= 0.3 is 0 Å². The Morgan fingerprint density at radius 2 is 2.12 bits per heavy atom. The van der Waals surface area contributed by atoms with Crippen LogP contribution in [0.2, 0.25) is 0 Å². The number of hydrogen-bond donors (Lipinski definition) is 1. The smallest absolute Gasteiger partial charge is 0.257 e. The van der Waals surface area contributed by atoms with Crippen molar-refractivity contribution in [2.45, 2.75) is 33.6 Å². The van der Waals surface area contributed by atoms with E-state index in [4.69, 9.17) is 10.2 Å². The molecule has 0 saturated carbocycles. The number of furan rings is 1. The summed E-state index contributed by atoms with van der Waals surface area (Å²) in [4.78, 5) is 14.1. The van der Waals surface area contributed by atoms with E-state index >= 15 is 0 Å². The van der Waals surface area contributed by atoms with Crippen LogP contribution in [0.25, 0.3) is 0 Å². The third-order valence-corrected chi connectivity index (χ3v) is 2.74. The van der Waals surface area contributed by atoms with Gasteiger partial charge in [0.2, 0.25) is 0 Å². The van der Waals surface area contributed by atoms with Crippen LogP contribution in [0.1, 0.15) is 41.6 Å². The summed E-state index contributed by atoms with van der Waals surface area (Å²) in [6.07, 6.45) is 2.07. The monoisotopic (exact) mass is 238 g/mol. The molecule has 1 amide bonds. The van der Waals surface area contributed by atoms with Crippen LogP contribution in [0, 0.1) is 13.8 Å². The largest absolute Gasteiger partial charge is 0.466 e. The summed E-state index contributed by atoms with van der Waals surface area (Å²) in [6.45, 7) is 7.63. The molecular formula is C13H22N2O2. The number of amides is 1. The van der Waals surface area contributed by atoms with E-state index in [0.717, 1.165) is 25.1 Å². The van der Waals surface area contributed by atoms with Gasteiger partial charge in [0, 0.05) is 19.6 Å². The normalized spacial score (nSPS) is 10.6. The molecule has 0 bridgehead atoms. The average Bonchev–Trinajstić information content (AvgIpc) is 2.63. The zero-order valence-electron chi connectivity index (χ0n) is 11.0. The molecule has 1 aromatic rings. The fourth-order valence-electron chi connectivity index (χ4n) is 1.83. The Balaban J connectivity index is 2.79.